The first-order valence-corrected chi connectivity index (χ1v) is 6.93. The van der Waals surface area contributed by atoms with Crippen LogP contribution in [0.15, 0.2) is 30.3 Å². The molecule has 2 aliphatic rings. The van der Waals surface area contributed by atoms with Gasteiger partial charge in [-0.2, -0.15) is 0 Å². The molecule has 21 heavy (non-hydrogen) atoms. The van der Waals surface area contributed by atoms with Crippen LogP contribution in [0.3, 0.4) is 0 Å². The number of nitrogens with two attached hydrogens (primary N) is 1. The predicted molar refractivity (Wildman–Crippen MR) is 78.7 cm³/mol. The minimum atomic E-state index is -2.65. The van der Waals surface area contributed by atoms with Crippen LogP contribution < -0.4 is 5.73 Å². The van der Waals surface area contributed by atoms with Crippen molar-refractivity contribution in [2.24, 2.45) is 11.7 Å². The molecule has 1 heterocycles. The topological polar surface area (TPSA) is 46.3 Å². The summed E-state index contributed by atoms with van der Waals surface area (Å²) in [4.78, 5) is 13.8. The van der Waals surface area contributed by atoms with Crippen molar-refractivity contribution < 1.29 is 13.6 Å². The van der Waals surface area contributed by atoms with Crippen molar-refractivity contribution in [1.29, 1.82) is 0 Å². The number of likely N-dealkylation sites (tertiary alicyclic amines) is 1. The minimum Gasteiger partial charge on any atom is -0.340 e. The van der Waals surface area contributed by atoms with Gasteiger partial charge in [0.05, 0.1) is 0 Å². The van der Waals surface area contributed by atoms with Gasteiger partial charge in [-0.1, -0.05) is 30.3 Å². The summed E-state index contributed by atoms with van der Waals surface area (Å²) in [6, 6.07) is 9.69. The highest BCUT2D eigenvalue weighted by molar-refractivity contribution is 5.85. The smallest absolute Gasteiger partial charge is 0.249 e. The fourth-order valence-corrected chi connectivity index (χ4v) is 3.16. The Bertz CT molecular complexity index is 504. The van der Waals surface area contributed by atoms with Gasteiger partial charge in [0.25, 0.3) is 0 Å². The molecule has 0 bridgehead atoms. The molecule has 0 aromatic heterocycles. The molecule has 0 unspecified atom stereocenters. The second kappa shape index (κ2) is 5.89. The molecule has 3 rings (SSSR count). The Morgan fingerprint density at radius 3 is 2.38 bits per heavy atom. The van der Waals surface area contributed by atoms with Gasteiger partial charge in [-0.05, 0) is 5.56 Å². The third-order valence-electron chi connectivity index (χ3n) is 4.34. The average Bonchev–Trinajstić information content (AvgIpc) is 2.78. The lowest BCUT2D eigenvalue weighted by Crippen LogP contribution is -2.46. The summed E-state index contributed by atoms with van der Waals surface area (Å²) in [6.45, 7) is 0.993. The Labute approximate surface area is 128 Å². The van der Waals surface area contributed by atoms with Crippen LogP contribution >= 0.6 is 12.4 Å². The third-order valence-corrected chi connectivity index (χ3v) is 4.34. The molecule has 1 aliphatic carbocycles. The first-order valence-electron chi connectivity index (χ1n) is 6.93. The highest BCUT2D eigenvalue weighted by Crippen LogP contribution is 2.44. The Kier molecular flexibility index (Phi) is 4.54. The summed E-state index contributed by atoms with van der Waals surface area (Å²) in [5, 5.41) is 0. The zero-order valence-corrected chi connectivity index (χ0v) is 12.4. The van der Waals surface area contributed by atoms with Crippen molar-refractivity contribution in [2.45, 2.75) is 30.7 Å². The summed E-state index contributed by atoms with van der Waals surface area (Å²) in [5.74, 6) is -3.24. The van der Waals surface area contributed by atoms with Gasteiger partial charge in [0.1, 0.15) is 0 Å². The molecule has 1 saturated heterocycles. The van der Waals surface area contributed by atoms with Crippen LogP contribution in [0.1, 0.15) is 24.3 Å². The van der Waals surface area contributed by atoms with Gasteiger partial charge in [0.2, 0.25) is 11.8 Å². The molecule has 3 nitrogen and oxygen atoms in total. The maximum Gasteiger partial charge on any atom is 0.249 e. The second-order valence-electron chi connectivity index (χ2n) is 5.89. The maximum absolute atomic E-state index is 12.9. The van der Waals surface area contributed by atoms with E-state index in [1.807, 2.05) is 30.3 Å². The molecule has 116 valence electrons. The number of nitrogens with zero attached hydrogens (tertiary/aromatic N) is 1. The number of hydrogen-bond donors (Lipinski definition) is 1. The van der Waals surface area contributed by atoms with E-state index in [2.05, 4.69) is 0 Å². The molecule has 1 amide bonds. The van der Waals surface area contributed by atoms with E-state index in [4.69, 9.17) is 5.73 Å². The number of carbonyl (C=O) groups excluding carboxylic acids is 1. The van der Waals surface area contributed by atoms with Crippen molar-refractivity contribution in [3.63, 3.8) is 0 Å². The number of benzene rings is 1. The fourth-order valence-electron chi connectivity index (χ4n) is 3.16. The molecule has 1 saturated carbocycles. The van der Waals surface area contributed by atoms with E-state index in [-0.39, 0.29) is 43.1 Å². The minimum absolute atomic E-state index is 0. The lowest BCUT2D eigenvalue weighted by atomic mass is 9.80. The molecule has 2 N–H and O–H groups in total. The quantitative estimate of drug-likeness (QED) is 0.910. The monoisotopic (exact) mass is 316 g/mol. The zero-order valence-electron chi connectivity index (χ0n) is 11.5. The van der Waals surface area contributed by atoms with Crippen molar-refractivity contribution in [3.8, 4) is 0 Å². The van der Waals surface area contributed by atoms with Crippen molar-refractivity contribution >= 4 is 18.3 Å². The summed E-state index contributed by atoms with van der Waals surface area (Å²) in [6.07, 6.45) is -0.624. The van der Waals surface area contributed by atoms with Crippen LogP contribution in [0.4, 0.5) is 8.78 Å². The van der Waals surface area contributed by atoms with Crippen molar-refractivity contribution in [2.75, 3.05) is 13.1 Å². The number of alkyl halides is 2. The first-order chi connectivity index (χ1) is 9.46. The Balaban J connectivity index is 0.00000161. The fraction of sp³-hybridized carbons (Fsp3) is 0.533. The van der Waals surface area contributed by atoms with Crippen LogP contribution in [0.2, 0.25) is 0 Å². The van der Waals surface area contributed by atoms with Gasteiger partial charge in [-0.3, -0.25) is 4.79 Å². The van der Waals surface area contributed by atoms with Crippen LogP contribution in [0, 0.1) is 5.92 Å². The van der Waals surface area contributed by atoms with Crippen LogP contribution in [0.5, 0.6) is 0 Å². The molecule has 1 aliphatic heterocycles. The normalized spacial score (nSPS) is 27.9. The highest BCUT2D eigenvalue weighted by Gasteiger charge is 2.50. The molecule has 0 radical (unpaired) electrons. The maximum atomic E-state index is 12.9. The van der Waals surface area contributed by atoms with E-state index in [1.165, 1.54) is 0 Å². The van der Waals surface area contributed by atoms with Crippen LogP contribution in [-0.2, 0) is 4.79 Å². The van der Waals surface area contributed by atoms with Gasteiger partial charge in [-0.25, -0.2) is 8.78 Å². The van der Waals surface area contributed by atoms with E-state index in [0.29, 0.717) is 13.1 Å². The molecule has 1 aromatic carbocycles. The van der Waals surface area contributed by atoms with Crippen molar-refractivity contribution in [1.82, 2.24) is 4.90 Å². The standard InChI is InChI=1S/C15H18F2N2O.ClH/c16-15(17)6-11(7-15)14(20)19-8-12(13(18)9-19)10-4-2-1-3-5-10;/h1-5,11-13H,6-9,18H2;1H/t12-,13+;/m0./s1. The largest absolute Gasteiger partial charge is 0.340 e. The van der Waals surface area contributed by atoms with Gasteiger partial charge >= 0.3 is 0 Å². The average molecular weight is 317 g/mol. The molecule has 1 aromatic rings. The summed E-state index contributed by atoms with van der Waals surface area (Å²) in [5.41, 5.74) is 7.22. The van der Waals surface area contributed by atoms with Gasteiger partial charge < -0.3 is 10.6 Å². The Morgan fingerprint density at radius 1 is 1.19 bits per heavy atom. The SMILES string of the molecule is Cl.N[C@@H]1CN(C(=O)C2CC(F)(F)C2)C[C@H]1c1ccccc1. The molecule has 0 spiro atoms. The Hall–Kier alpha value is -1.20. The molecule has 6 heteroatoms. The van der Waals surface area contributed by atoms with Gasteiger partial charge in [-0.15, -0.1) is 12.4 Å². The highest BCUT2D eigenvalue weighted by atomic mass is 35.5. The van der Waals surface area contributed by atoms with Gasteiger partial charge in [0, 0.05) is 43.8 Å². The van der Waals surface area contributed by atoms with Gasteiger partial charge in [0.15, 0.2) is 0 Å². The number of halogens is 3. The van der Waals surface area contributed by atoms with E-state index in [1.54, 1.807) is 4.90 Å². The summed E-state index contributed by atoms with van der Waals surface area (Å²) >= 11 is 0. The lowest BCUT2D eigenvalue weighted by molar-refractivity contribution is -0.158. The van der Waals surface area contributed by atoms with E-state index in [9.17, 15) is 13.6 Å². The third kappa shape index (κ3) is 3.19. The van der Waals surface area contributed by atoms with E-state index >= 15 is 0 Å². The summed E-state index contributed by atoms with van der Waals surface area (Å²) < 4.78 is 25.7. The molecular formula is C15H19ClF2N2O. The molecule has 2 atom stereocenters. The lowest BCUT2D eigenvalue weighted by Gasteiger charge is -2.36. The molecular weight excluding hydrogens is 298 g/mol. The first kappa shape index (κ1) is 16.2. The predicted octanol–water partition coefficient (Wildman–Crippen LogP) is 2.41. The zero-order chi connectivity index (χ0) is 14.3. The van der Waals surface area contributed by atoms with Crippen LogP contribution in [-0.4, -0.2) is 35.9 Å². The number of rotatable bonds is 2. The number of carbonyl (C=O) groups is 1. The number of hydrogen-bond acceptors (Lipinski definition) is 2. The second-order valence-corrected chi connectivity index (χ2v) is 5.89. The molecule has 2 fully saturated rings. The van der Waals surface area contributed by atoms with E-state index in [0.717, 1.165) is 5.56 Å². The van der Waals surface area contributed by atoms with Crippen LogP contribution in [0.25, 0.3) is 0 Å². The Morgan fingerprint density at radius 2 is 1.81 bits per heavy atom. The van der Waals surface area contributed by atoms with E-state index < -0.39 is 11.8 Å². The van der Waals surface area contributed by atoms with Crippen molar-refractivity contribution in [3.05, 3.63) is 35.9 Å². The number of amides is 1. The summed E-state index contributed by atoms with van der Waals surface area (Å²) in [7, 11) is 0.